The Kier molecular flexibility index (Phi) is 7.82. The van der Waals surface area contributed by atoms with Crippen molar-refractivity contribution in [3.05, 3.63) is 59.9 Å². The number of benzene rings is 2. The highest BCUT2D eigenvalue weighted by molar-refractivity contribution is 5.94. The van der Waals surface area contributed by atoms with Gasteiger partial charge in [0.15, 0.2) is 0 Å². The number of hydrogen-bond acceptors (Lipinski definition) is 3. The highest BCUT2D eigenvalue weighted by Crippen LogP contribution is 2.21. The molecule has 1 aliphatic rings. The molecule has 0 aliphatic carbocycles. The number of halogens is 1. The van der Waals surface area contributed by atoms with Crippen LogP contribution in [0.5, 0.6) is 0 Å². The third-order valence-corrected chi connectivity index (χ3v) is 5.44. The van der Waals surface area contributed by atoms with Gasteiger partial charge in [0.1, 0.15) is 5.82 Å². The highest BCUT2D eigenvalue weighted by atomic mass is 19.1. The Morgan fingerprint density at radius 3 is 2.30 bits per heavy atom. The van der Waals surface area contributed by atoms with Crippen molar-refractivity contribution >= 4 is 23.2 Å². The van der Waals surface area contributed by atoms with E-state index in [1.54, 1.807) is 17.0 Å². The Bertz CT molecular complexity index is 846. The second-order valence-electron chi connectivity index (χ2n) is 7.66. The molecule has 2 aromatic carbocycles. The van der Waals surface area contributed by atoms with Gasteiger partial charge in [-0.15, -0.1) is 0 Å². The Labute approximate surface area is 177 Å². The van der Waals surface area contributed by atoms with Crippen LogP contribution in [0.25, 0.3) is 0 Å². The zero-order chi connectivity index (χ0) is 21.3. The highest BCUT2D eigenvalue weighted by Gasteiger charge is 2.24. The smallest absolute Gasteiger partial charge is 0.256 e. The molecule has 1 aliphatic heterocycles. The van der Waals surface area contributed by atoms with E-state index in [1.807, 2.05) is 24.3 Å². The van der Waals surface area contributed by atoms with E-state index in [2.05, 4.69) is 17.1 Å². The number of hydrogen-bond donors (Lipinski definition) is 1. The summed E-state index contributed by atoms with van der Waals surface area (Å²) < 4.78 is 13.9. The number of unbranched alkanes of at least 4 members (excludes halogenated alkanes) is 3. The van der Waals surface area contributed by atoms with Crippen LogP contribution in [0, 0.1) is 5.82 Å². The summed E-state index contributed by atoms with van der Waals surface area (Å²) >= 11 is 0. The summed E-state index contributed by atoms with van der Waals surface area (Å²) in [6.07, 6.45) is 4.90. The molecule has 2 amide bonds. The third kappa shape index (κ3) is 5.81. The van der Waals surface area contributed by atoms with Gasteiger partial charge in [0, 0.05) is 44.0 Å². The van der Waals surface area contributed by atoms with Gasteiger partial charge in [-0.25, -0.2) is 4.39 Å². The molecule has 1 fully saturated rings. The fourth-order valence-electron chi connectivity index (χ4n) is 3.66. The van der Waals surface area contributed by atoms with E-state index in [1.165, 1.54) is 18.6 Å². The summed E-state index contributed by atoms with van der Waals surface area (Å²) in [5.41, 5.74) is 1.97. The normalized spacial score (nSPS) is 13.9. The van der Waals surface area contributed by atoms with Crippen molar-refractivity contribution in [1.82, 2.24) is 4.90 Å². The number of nitrogens with one attached hydrogen (secondary N) is 1. The zero-order valence-corrected chi connectivity index (χ0v) is 17.6. The molecular weight excluding hydrogens is 381 g/mol. The molecule has 6 heteroatoms. The summed E-state index contributed by atoms with van der Waals surface area (Å²) in [6, 6.07) is 13.9. The quantitative estimate of drug-likeness (QED) is 0.641. The summed E-state index contributed by atoms with van der Waals surface area (Å²) in [7, 11) is 0. The first-order valence-electron chi connectivity index (χ1n) is 10.8. The van der Waals surface area contributed by atoms with E-state index < -0.39 is 5.82 Å². The molecule has 0 atom stereocenters. The van der Waals surface area contributed by atoms with Gasteiger partial charge >= 0.3 is 0 Å². The van der Waals surface area contributed by atoms with Crippen LogP contribution >= 0.6 is 0 Å². The van der Waals surface area contributed by atoms with E-state index >= 15 is 0 Å². The van der Waals surface area contributed by atoms with Crippen LogP contribution in [-0.4, -0.2) is 42.9 Å². The molecule has 160 valence electrons. The zero-order valence-electron chi connectivity index (χ0n) is 17.6. The average Bonchev–Trinajstić information content (AvgIpc) is 2.77. The van der Waals surface area contributed by atoms with Gasteiger partial charge in [0.25, 0.3) is 5.91 Å². The third-order valence-electron chi connectivity index (χ3n) is 5.44. The fourth-order valence-corrected chi connectivity index (χ4v) is 3.66. The molecule has 5 nitrogen and oxygen atoms in total. The van der Waals surface area contributed by atoms with Crippen LogP contribution in [0.4, 0.5) is 15.8 Å². The molecule has 0 aromatic heterocycles. The van der Waals surface area contributed by atoms with Gasteiger partial charge in [-0.2, -0.15) is 0 Å². The predicted molar refractivity (Wildman–Crippen MR) is 118 cm³/mol. The second-order valence-corrected chi connectivity index (χ2v) is 7.66. The molecule has 3 rings (SSSR count). The minimum absolute atomic E-state index is 0.0547. The van der Waals surface area contributed by atoms with Gasteiger partial charge in [-0.05, 0) is 42.8 Å². The molecule has 0 saturated carbocycles. The van der Waals surface area contributed by atoms with E-state index in [9.17, 15) is 14.0 Å². The summed E-state index contributed by atoms with van der Waals surface area (Å²) in [5.74, 6) is -0.684. The lowest BCUT2D eigenvalue weighted by molar-refractivity contribution is -0.116. The van der Waals surface area contributed by atoms with Crippen molar-refractivity contribution in [2.45, 2.75) is 39.0 Å². The van der Waals surface area contributed by atoms with Crippen LogP contribution in [0.15, 0.2) is 48.5 Å². The number of carbonyl (C=O) groups is 2. The van der Waals surface area contributed by atoms with Crippen LogP contribution in [0.3, 0.4) is 0 Å². The van der Waals surface area contributed by atoms with Crippen molar-refractivity contribution in [2.24, 2.45) is 0 Å². The van der Waals surface area contributed by atoms with E-state index in [0.717, 1.165) is 30.6 Å². The van der Waals surface area contributed by atoms with Crippen molar-refractivity contribution in [3.8, 4) is 0 Å². The van der Waals surface area contributed by atoms with Crippen molar-refractivity contribution in [3.63, 3.8) is 0 Å². The molecule has 0 unspecified atom stereocenters. The molecule has 2 aromatic rings. The number of carbonyl (C=O) groups excluding carboxylic acids is 2. The average molecular weight is 412 g/mol. The lowest BCUT2D eigenvalue weighted by atomic mass is 10.1. The van der Waals surface area contributed by atoms with Crippen LogP contribution in [0.1, 0.15) is 49.4 Å². The van der Waals surface area contributed by atoms with Crippen LogP contribution < -0.4 is 10.2 Å². The Balaban J connectivity index is 1.48. The maximum Gasteiger partial charge on any atom is 0.256 e. The first kappa shape index (κ1) is 21.8. The van der Waals surface area contributed by atoms with Gasteiger partial charge in [0.2, 0.25) is 5.91 Å². The maximum absolute atomic E-state index is 13.9. The molecule has 1 heterocycles. The van der Waals surface area contributed by atoms with Gasteiger partial charge in [-0.3, -0.25) is 9.59 Å². The topological polar surface area (TPSA) is 52.7 Å². The Morgan fingerprint density at radius 1 is 0.933 bits per heavy atom. The number of anilines is 2. The largest absolute Gasteiger partial charge is 0.368 e. The minimum Gasteiger partial charge on any atom is -0.368 e. The molecule has 1 saturated heterocycles. The number of nitrogens with zero attached hydrogens (tertiary/aromatic N) is 2. The summed E-state index contributed by atoms with van der Waals surface area (Å²) in [4.78, 5) is 28.5. The van der Waals surface area contributed by atoms with Crippen LogP contribution in [-0.2, 0) is 4.79 Å². The van der Waals surface area contributed by atoms with Crippen LogP contribution in [0.2, 0.25) is 0 Å². The van der Waals surface area contributed by atoms with Crippen molar-refractivity contribution < 1.29 is 14.0 Å². The summed E-state index contributed by atoms with van der Waals surface area (Å²) in [5, 5.41) is 2.95. The molecule has 1 N–H and O–H groups in total. The SMILES string of the molecule is CCCCCCC(=O)Nc1ccc(N2CCN(C(=O)c3ccccc3F)CC2)cc1. The van der Waals surface area contributed by atoms with Crippen molar-refractivity contribution in [1.29, 1.82) is 0 Å². The number of rotatable bonds is 8. The monoisotopic (exact) mass is 411 g/mol. The molecular formula is C24H30FN3O2. The van der Waals surface area contributed by atoms with E-state index in [4.69, 9.17) is 0 Å². The Hall–Kier alpha value is -2.89. The first-order valence-corrected chi connectivity index (χ1v) is 10.8. The summed E-state index contributed by atoms with van der Waals surface area (Å²) in [6.45, 7) is 4.61. The van der Waals surface area contributed by atoms with Gasteiger partial charge in [0.05, 0.1) is 5.56 Å². The predicted octanol–water partition coefficient (Wildman–Crippen LogP) is 4.70. The van der Waals surface area contributed by atoms with E-state index in [-0.39, 0.29) is 17.4 Å². The lowest BCUT2D eigenvalue weighted by Gasteiger charge is -2.36. The molecule has 0 bridgehead atoms. The fraction of sp³-hybridized carbons (Fsp3) is 0.417. The Morgan fingerprint density at radius 2 is 1.63 bits per heavy atom. The first-order chi connectivity index (χ1) is 14.6. The van der Waals surface area contributed by atoms with Gasteiger partial charge < -0.3 is 15.1 Å². The number of amides is 2. The van der Waals surface area contributed by atoms with Gasteiger partial charge in [-0.1, -0.05) is 38.3 Å². The molecule has 0 radical (unpaired) electrons. The molecule has 0 spiro atoms. The van der Waals surface area contributed by atoms with E-state index in [0.29, 0.717) is 32.6 Å². The minimum atomic E-state index is -0.479. The van der Waals surface area contributed by atoms with Crippen molar-refractivity contribution in [2.75, 3.05) is 36.4 Å². The maximum atomic E-state index is 13.9. The second kappa shape index (κ2) is 10.8. The molecule has 30 heavy (non-hydrogen) atoms. The lowest BCUT2D eigenvalue weighted by Crippen LogP contribution is -2.49. The standard InChI is InChI=1S/C24H30FN3O2/c1-2-3-4-5-10-23(29)26-19-11-13-20(14-12-19)27-15-17-28(18-16-27)24(30)21-8-6-7-9-22(21)25/h6-9,11-14H,2-5,10,15-18H2,1H3,(H,26,29). The number of piperazine rings is 1.